The van der Waals surface area contributed by atoms with Gasteiger partial charge in [0.2, 0.25) is 17.6 Å². The Balaban J connectivity index is 1.70. The van der Waals surface area contributed by atoms with E-state index in [0.717, 1.165) is 4.88 Å². The van der Waals surface area contributed by atoms with Crippen LogP contribution in [0.3, 0.4) is 0 Å². The summed E-state index contributed by atoms with van der Waals surface area (Å²) in [5.74, 6) is 1.24. The fraction of sp³-hybridized carbons (Fsp3) is 0.462. The zero-order valence-electron chi connectivity index (χ0n) is 11.1. The number of carbonyl (C=O) groups is 1. The second-order valence-corrected chi connectivity index (χ2v) is 5.61. The Kier molecular flexibility index (Phi) is 3.79. The third-order valence-electron chi connectivity index (χ3n) is 3.31. The number of likely N-dealkylation sites (tertiary alicyclic amines) is 1. The van der Waals surface area contributed by atoms with Gasteiger partial charge in [-0.1, -0.05) is 11.2 Å². The Morgan fingerprint density at radius 3 is 3.25 bits per heavy atom. The van der Waals surface area contributed by atoms with Crippen LogP contribution in [0.2, 0.25) is 0 Å². The van der Waals surface area contributed by atoms with Crippen molar-refractivity contribution >= 4 is 17.2 Å². The van der Waals surface area contributed by atoms with Crippen LogP contribution in [-0.4, -0.2) is 47.8 Å². The summed E-state index contributed by atoms with van der Waals surface area (Å²) in [4.78, 5) is 19.0. The number of thiophene rings is 1. The number of ether oxygens (including phenoxy) is 1. The third kappa shape index (κ3) is 2.59. The predicted molar refractivity (Wildman–Crippen MR) is 73.4 cm³/mol. The molecular weight excluding hydrogens is 278 g/mol. The molecule has 0 radical (unpaired) electrons. The average molecular weight is 293 g/mol. The fourth-order valence-electron chi connectivity index (χ4n) is 2.26. The van der Waals surface area contributed by atoms with Gasteiger partial charge >= 0.3 is 0 Å². The maximum atomic E-state index is 11.9. The van der Waals surface area contributed by atoms with Crippen LogP contribution in [0.25, 0.3) is 10.7 Å². The van der Waals surface area contributed by atoms with Crippen LogP contribution < -0.4 is 0 Å². The Labute approximate surface area is 120 Å². The maximum Gasteiger partial charge on any atom is 0.232 e. The summed E-state index contributed by atoms with van der Waals surface area (Å²) >= 11 is 1.57. The molecule has 3 heterocycles. The molecule has 1 saturated heterocycles. The summed E-state index contributed by atoms with van der Waals surface area (Å²) in [5, 5.41) is 5.95. The highest BCUT2D eigenvalue weighted by Gasteiger charge is 2.34. The molecule has 106 valence electrons. The van der Waals surface area contributed by atoms with Crippen molar-refractivity contribution in [1.29, 1.82) is 0 Å². The number of carbonyl (C=O) groups excluding carboxylic acids is 1. The van der Waals surface area contributed by atoms with Crippen molar-refractivity contribution in [3.63, 3.8) is 0 Å². The van der Waals surface area contributed by atoms with Crippen LogP contribution in [0.5, 0.6) is 0 Å². The van der Waals surface area contributed by atoms with Crippen molar-refractivity contribution in [2.45, 2.75) is 12.3 Å². The van der Waals surface area contributed by atoms with E-state index in [1.54, 1.807) is 23.3 Å². The average Bonchev–Trinajstić information content (AvgIpc) is 3.16. The highest BCUT2D eigenvalue weighted by molar-refractivity contribution is 7.13. The molecule has 1 aliphatic heterocycles. The lowest BCUT2D eigenvalue weighted by Crippen LogP contribution is -2.28. The van der Waals surface area contributed by atoms with E-state index in [1.807, 2.05) is 17.5 Å². The standard InChI is InChI=1S/C13H15N3O3S/c1-18-5-4-16-8-9(7-11(16)17)13-14-12(15-19-13)10-3-2-6-20-10/h2-3,6,9H,4-5,7-8H2,1H3. The molecule has 2 aromatic rings. The third-order valence-corrected chi connectivity index (χ3v) is 4.18. The van der Waals surface area contributed by atoms with Crippen LogP contribution in [0, 0.1) is 0 Å². The molecule has 1 atom stereocenters. The monoisotopic (exact) mass is 293 g/mol. The normalized spacial score (nSPS) is 18.9. The van der Waals surface area contributed by atoms with Gasteiger partial charge in [-0.2, -0.15) is 4.98 Å². The van der Waals surface area contributed by atoms with E-state index >= 15 is 0 Å². The quantitative estimate of drug-likeness (QED) is 0.840. The molecule has 0 aromatic carbocycles. The first-order valence-corrected chi connectivity index (χ1v) is 7.30. The van der Waals surface area contributed by atoms with E-state index in [9.17, 15) is 4.79 Å². The van der Waals surface area contributed by atoms with E-state index in [-0.39, 0.29) is 11.8 Å². The molecule has 0 aliphatic carbocycles. The number of methoxy groups -OCH3 is 1. The molecule has 1 amide bonds. The summed E-state index contributed by atoms with van der Waals surface area (Å²) < 4.78 is 10.3. The number of nitrogens with zero attached hydrogens (tertiary/aromatic N) is 3. The smallest absolute Gasteiger partial charge is 0.232 e. The molecule has 3 rings (SSSR count). The second-order valence-electron chi connectivity index (χ2n) is 4.67. The molecule has 2 aromatic heterocycles. The molecule has 1 fully saturated rings. The number of amides is 1. The van der Waals surface area contributed by atoms with E-state index in [1.165, 1.54) is 0 Å². The number of rotatable bonds is 5. The minimum Gasteiger partial charge on any atom is -0.383 e. The van der Waals surface area contributed by atoms with E-state index in [0.29, 0.717) is 37.8 Å². The van der Waals surface area contributed by atoms with Gasteiger partial charge in [-0.3, -0.25) is 4.79 Å². The van der Waals surface area contributed by atoms with Crippen molar-refractivity contribution in [2.24, 2.45) is 0 Å². The van der Waals surface area contributed by atoms with Gasteiger partial charge in [0.1, 0.15) is 0 Å². The minimum atomic E-state index is -0.0134. The van der Waals surface area contributed by atoms with Gasteiger partial charge in [-0.15, -0.1) is 11.3 Å². The Hall–Kier alpha value is -1.73. The lowest BCUT2D eigenvalue weighted by atomic mass is 10.1. The first-order chi connectivity index (χ1) is 9.78. The van der Waals surface area contributed by atoms with Crippen LogP contribution in [0.15, 0.2) is 22.0 Å². The highest BCUT2D eigenvalue weighted by Crippen LogP contribution is 2.29. The minimum absolute atomic E-state index is 0.0134. The SMILES string of the molecule is COCCN1CC(c2nc(-c3cccs3)no2)CC1=O. The van der Waals surface area contributed by atoms with Crippen LogP contribution in [0.1, 0.15) is 18.2 Å². The molecular formula is C13H15N3O3S. The fourth-order valence-corrected chi connectivity index (χ4v) is 2.91. The van der Waals surface area contributed by atoms with Gasteiger partial charge in [0, 0.05) is 26.6 Å². The molecule has 0 saturated carbocycles. The first-order valence-electron chi connectivity index (χ1n) is 6.42. The van der Waals surface area contributed by atoms with Gasteiger partial charge in [0.05, 0.1) is 17.4 Å². The topological polar surface area (TPSA) is 68.5 Å². The second kappa shape index (κ2) is 5.72. The van der Waals surface area contributed by atoms with Gasteiger partial charge < -0.3 is 14.2 Å². The molecule has 1 unspecified atom stereocenters. The van der Waals surface area contributed by atoms with Crippen LogP contribution >= 0.6 is 11.3 Å². The summed E-state index contributed by atoms with van der Waals surface area (Å²) in [6.07, 6.45) is 0.426. The molecule has 7 heteroatoms. The van der Waals surface area contributed by atoms with Crippen molar-refractivity contribution in [3.05, 3.63) is 23.4 Å². The number of aromatic nitrogens is 2. The zero-order chi connectivity index (χ0) is 13.9. The largest absolute Gasteiger partial charge is 0.383 e. The molecule has 0 bridgehead atoms. The van der Waals surface area contributed by atoms with Crippen molar-refractivity contribution in [3.8, 4) is 10.7 Å². The van der Waals surface area contributed by atoms with Crippen LogP contribution in [0.4, 0.5) is 0 Å². The highest BCUT2D eigenvalue weighted by atomic mass is 32.1. The molecule has 20 heavy (non-hydrogen) atoms. The lowest BCUT2D eigenvalue weighted by molar-refractivity contribution is -0.128. The number of hydrogen-bond acceptors (Lipinski definition) is 6. The van der Waals surface area contributed by atoms with Crippen LogP contribution in [-0.2, 0) is 9.53 Å². The summed E-state index contributed by atoms with van der Waals surface area (Å²) in [6, 6.07) is 3.89. The summed E-state index contributed by atoms with van der Waals surface area (Å²) in [6.45, 7) is 1.77. The summed E-state index contributed by atoms with van der Waals surface area (Å²) in [5.41, 5.74) is 0. The molecule has 1 aliphatic rings. The van der Waals surface area contributed by atoms with E-state index in [4.69, 9.17) is 9.26 Å². The zero-order valence-corrected chi connectivity index (χ0v) is 11.9. The molecule has 0 spiro atoms. The summed E-state index contributed by atoms with van der Waals surface area (Å²) in [7, 11) is 1.63. The lowest BCUT2D eigenvalue weighted by Gasteiger charge is -2.14. The molecule has 6 nitrogen and oxygen atoms in total. The van der Waals surface area contributed by atoms with Crippen molar-refractivity contribution in [2.75, 3.05) is 26.8 Å². The molecule has 0 N–H and O–H groups in total. The van der Waals surface area contributed by atoms with Crippen molar-refractivity contribution in [1.82, 2.24) is 15.0 Å². The van der Waals surface area contributed by atoms with Gasteiger partial charge in [-0.05, 0) is 11.4 Å². The van der Waals surface area contributed by atoms with E-state index < -0.39 is 0 Å². The van der Waals surface area contributed by atoms with Crippen molar-refractivity contribution < 1.29 is 14.1 Å². The first kappa shape index (κ1) is 13.3. The Morgan fingerprint density at radius 2 is 2.50 bits per heavy atom. The maximum absolute atomic E-state index is 11.9. The Bertz CT molecular complexity index is 581. The predicted octanol–water partition coefficient (Wildman–Crippen LogP) is 1.76. The Morgan fingerprint density at radius 1 is 1.60 bits per heavy atom. The van der Waals surface area contributed by atoms with Gasteiger partial charge in [-0.25, -0.2) is 0 Å². The number of hydrogen-bond donors (Lipinski definition) is 0. The van der Waals surface area contributed by atoms with E-state index in [2.05, 4.69) is 10.1 Å². The van der Waals surface area contributed by atoms with Gasteiger partial charge in [0.15, 0.2) is 0 Å². The van der Waals surface area contributed by atoms with Gasteiger partial charge in [0.25, 0.3) is 0 Å².